The van der Waals surface area contributed by atoms with Gasteiger partial charge >= 0.3 is 0 Å². The Hall–Kier alpha value is -4.04. The molecule has 0 fully saturated rings. The molecule has 0 bridgehead atoms. The lowest BCUT2D eigenvalue weighted by molar-refractivity contribution is 0.470. The van der Waals surface area contributed by atoms with Crippen molar-refractivity contribution >= 4 is 10.8 Å². The lowest BCUT2D eigenvalue weighted by Gasteiger charge is -2.34. The van der Waals surface area contributed by atoms with E-state index in [1.807, 2.05) is 26.0 Å². The van der Waals surface area contributed by atoms with Gasteiger partial charge in [-0.15, -0.1) is 0 Å². The predicted molar refractivity (Wildman–Crippen MR) is 134 cm³/mol. The Morgan fingerprint density at radius 3 is 1.67 bits per heavy atom. The highest BCUT2D eigenvalue weighted by Crippen LogP contribution is 2.57. The Balaban J connectivity index is 1.82. The van der Waals surface area contributed by atoms with Crippen molar-refractivity contribution in [3.05, 3.63) is 130 Å². The SMILES string of the molecule is Cc1cc(C2(c3ccc(O)c(C)c3)c3ccccc3-c3cc4ccccc4cc32)ccc1O. The summed E-state index contributed by atoms with van der Waals surface area (Å²) < 4.78 is 0. The van der Waals surface area contributed by atoms with Gasteiger partial charge in [0.15, 0.2) is 0 Å². The van der Waals surface area contributed by atoms with Gasteiger partial charge in [-0.1, -0.05) is 72.8 Å². The molecule has 0 heterocycles. The molecule has 0 aromatic heterocycles. The molecule has 0 unspecified atom stereocenters. The summed E-state index contributed by atoms with van der Waals surface area (Å²) in [6.07, 6.45) is 0. The van der Waals surface area contributed by atoms with Crippen LogP contribution in [0.25, 0.3) is 21.9 Å². The second kappa shape index (κ2) is 6.98. The topological polar surface area (TPSA) is 40.5 Å². The maximum atomic E-state index is 10.3. The van der Waals surface area contributed by atoms with Crippen LogP contribution in [0, 0.1) is 13.8 Å². The Bertz CT molecular complexity index is 1510. The third-order valence-corrected chi connectivity index (χ3v) is 7.17. The maximum absolute atomic E-state index is 10.3. The van der Waals surface area contributed by atoms with Crippen LogP contribution in [0.4, 0.5) is 0 Å². The number of fused-ring (bicyclic) bond motifs is 4. The van der Waals surface area contributed by atoms with E-state index in [9.17, 15) is 10.2 Å². The van der Waals surface area contributed by atoms with Crippen LogP contribution in [0.2, 0.25) is 0 Å². The first-order valence-electron chi connectivity index (χ1n) is 11.2. The fourth-order valence-electron chi connectivity index (χ4n) is 5.53. The van der Waals surface area contributed by atoms with Crippen LogP contribution in [0.5, 0.6) is 11.5 Å². The lowest BCUT2D eigenvalue weighted by atomic mass is 9.67. The van der Waals surface area contributed by atoms with E-state index >= 15 is 0 Å². The maximum Gasteiger partial charge on any atom is 0.118 e. The van der Waals surface area contributed by atoms with E-state index in [1.54, 1.807) is 12.1 Å². The van der Waals surface area contributed by atoms with Gasteiger partial charge in [-0.3, -0.25) is 0 Å². The first-order valence-corrected chi connectivity index (χ1v) is 11.2. The van der Waals surface area contributed by atoms with Crippen LogP contribution in [0.3, 0.4) is 0 Å². The van der Waals surface area contributed by atoms with Gasteiger partial charge in [-0.25, -0.2) is 0 Å². The van der Waals surface area contributed by atoms with E-state index in [4.69, 9.17) is 0 Å². The predicted octanol–water partition coefficient (Wildman–Crippen LogP) is 7.23. The average molecular weight is 429 g/mol. The molecular weight excluding hydrogens is 404 g/mol. The number of hydrogen-bond donors (Lipinski definition) is 2. The molecule has 0 radical (unpaired) electrons. The monoisotopic (exact) mass is 428 g/mol. The summed E-state index contributed by atoms with van der Waals surface area (Å²) in [6, 6.07) is 33.5. The summed E-state index contributed by atoms with van der Waals surface area (Å²) in [5.74, 6) is 0.585. The lowest BCUT2D eigenvalue weighted by Crippen LogP contribution is -2.28. The van der Waals surface area contributed by atoms with Gasteiger partial charge in [0.05, 0.1) is 5.41 Å². The number of phenolic OH excluding ortho intramolecular Hbond substituents is 2. The van der Waals surface area contributed by atoms with Crippen LogP contribution in [-0.4, -0.2) is 10.2 Å². The normalized spacial score (nSPS) is 13.6. The molecule has 0 aliphatic heterocycles. The number of aryl methyl sites for hydroxylation is 2. The quantitative estimate of drug-likeness (QED) is 0.305. The summed E-state index contributed by atoms with van der Waals surface area (Å²) in [5, 5.41) is 23.0. The number of aromatic hydroxyl groups is 2. The molecule has 2 N–H and O–H groups in total. The molecule has 5 aromatic rings. The molecule has 0 spiro atoms. The fourth-order valence-corrected chi connectivity index (χ4v) is 5.53. The second-order valence-corrected chi connectivity index (χ2v) is 9.04. The highest BCUT2D eigenvalue weighted by atomic mass is 16.3. The van der Waals surface area contributed by atoms with Gasteiger partial charge in [0.2, 0.25) is 0 Å². The van der Waals surface area contributed by atoms with Crippen LogP contribution < -0.4 is 0 Å². The molecule has 33 heavy (non-hydrogen) atoms. The van der Waals surface area contributed by atoms with Crippen LogP contribution >= 0.6 is 0 Å². The van der Waals surface area contributed by atoms with Crippen molar-refractivity contribution in [2.75, 3.05) is 0 Å². The van der Waals surface area contributed by atoms with Gasteiger partial charge in [-0.05, 0) is 93.4 Å². The van der Waals surface area contributed by atoms with E-state index in [0.717, 1.165) is 22.3 Å². The molecule has 0 saturated heterocycles. The van der Waals surface area contributed by atoms with Crippen molar-refractivity contribution in [3.8, 4) is 22.6 Å². The highest BCUT2D eigenvalue weighted by Gasteiger charge is 2.46. The summed E-state index contributed by atoms with van der Waals surface area (Å²) in [7, 11) is 0. The summed E-state index contributed by atoms with van der Waals surface area (Å²) in [5.41, 5.74) is 8.20. The molecule has 5 aromatic carbocycles. The molecule has 0 amide bonds. The Kier molecular flexibility index (Phi) is 4.15. The molecular formula is C31H24O2. The van der Waals surface area contributed by atoms with Crippen molar-refractivity contribution < 1.29 is 10.2 Å². The zero-order valence-electron chi connectivity index (χ0n) is 18.6. The third-order valence-electron chi connectivity index (χ3n) is 7.17. The minimum Gasteiger partial charge on any atom is -0.508 e. The average Bonchev–Trinajstić information content (AvgIpc) is 3.11. The van der Waals surface area contributed by atoms with Crippen molar-refractivity contribution in [3.63, 3.8) is 0 Å². The van der Waals surface area contributed by atoms with Crippen LogP contribution in [-0.2, 0) is 5.41 Å². The summed E-state index contributed by atoms with van der Waals surface area (Å²) >= 11 is 0. The van der Waals surface area contributed by atoms with E-state index in [2.05, 4.69) is 72.8 Å². The summed E-state index contributed by atoms with van der Waals surface area (Å²) in [4.78, 5) is 0. The smallest absolute Gasteiger partial charge is 0.118 e. The molecule has 1 aliphatic carbocycles. The van der Waals surface area contributed by atoms with E-state index in [0.29, 0.717) is 11.5 Å². The molecule has 0 atom stereocenters. The zero-order chi connectivity index (χ0) is 22.7. The van der Waals surface area contributed by atoms with Crippen molar-refractivity contribution in [2.24, 2.45) is 0 Å². The molecule has 0 saturated carbocycles. The van der Waals surface area contributed by atoms with E-state index < -0.39 is 5.41 Å². The first-order chi connectivity index (χ1) is 16.0. The Morgan fingerprint density at radius 1 is 0.515 bits per heavy atom. The number of hydrogen-bond acceptors (Lipinski definition) is 2. The second-order valence-electron chi connectivity index (χ2n) is 9.04. The first kappa shape index (κ1) is 19.6. The van der Waals surface area contributed by atoms with Crippen molar-refractivity contribution in [1.29, 1.82) is 0 Å². The van der Waals surface area contributed by atoms with Crippen LogP contribution in [0.15, 0.2) is 97.1 Å². The van der Waals surface area contributed by atoms with E-state index in [-0.39, 0.29) is 0 Å². The van der Waals surface area contributed by atoms with Gasteiger partial charge in [0.25, 0.3) is 0 Å². The van der Waals surface area contributed by atoms with Gasteiger partial charge in [0.1, 0.15) is 11.5 Å². The molecule has 1 aliphatic rings. The summed E-state index contributed by atoms with van der Waals surface area (Å²) in [6.45, 7) is 3.88. The largest absolute Gasteiger partial charge is 0.508 e. The molecule has 2 nitrogen and oxygen atoms in total. The highest BCUT2D eigenvalue weighted by molar-refractivity contribution is 5.95. The number of phenols is 2. The van der Waals surface area contributed by atoms with Gasteiger partial charge < -0.3 is 10.2 Å². The third kappa shape index (κ3) is 2.67. The zero-order valence-corrected chi connectivity index (χ0v) is 18.6. The standard InChI is InChI=1S/C31H24O2/c1-19-15-23(11-13-29(19)32)31(24-12-14-30(33)20(2)16-24)27-10-6-5-9-25(27)26-17-21-7-3-4-8-22(21)18-28(26)31/h3-18,32-33H,1-2H3. The number of benzene rings is 5. The molecule has 6 rings (SSSR count). The Labute approximate surface area is 193 Å². The van der Waals surface area contributed by atoms with Crippen molar-refractivity contribution in [2.45, 2.75) is 19.3 Å². The van der Waals surface area contributed by atoms with Gasteiger partial charge in [0, 0.05) is 0 Å². The fraction of sp³-hybridized carbons (Fsp3) is 0.0968. The van der Waals surface area contributed by atoms with Crippen LogP contribution in [0.1, 0.15) is 33.4 Å². The van der Waals surface area contributed by atoms with Crippen molar-refractivity contribution in [1.82, 2.24) is 0 Å². The minimum absolute atomic E-state index is 0.292. The Morgan fingerprint density at radius 2 is 1.06 bits per heavy atom. The molecule has 2 heteroatoms. The minimum atomic E-state index is -0.563. The number of rotatable bonds is 2. The molecule has 160 valence electrons. The van der Waals surface area contributed by atoms with Gasteiger partial charge in [-0.2, -0.15) is 0 Å². The van der Waals surface area contributed by atoms with E-state index in [1.165, 1.54) is 33.0 Å².